The van der Waals surface area contributed by atoms with Crippen LogP contribution in [0.1, 0.15) is 0 Å². The molecule has 0 saturated heterocycles. The number of rotatable bonds is 9. The first-order valence-electron chi connectivity index (χ1n) is 6.91. The van der Waals surface area contributed by atoms with Crippen molar-refractivity contribution in [2.75, 3.05) is 80.8 Å². The van der Waals surface area contributed by atoms with Crippen molar-refractivity contribution in [3.05, 3.63) is 0 Å². The lowest BCUT2D eigenvalue weighted by atomic mass is 10.4. The van der Waals surface area contributed by atoms with Gasteiger partial charge in [0.05, 0.1) is 40.0 Å². The summed E-state index contributed by atoms with van der Waals surface area (Å²) in [4.78, 5) is 1.79. The molecule has 0 unspecified atom stereocenters. The monoisotopic (exact) mass is 332 g/mol. The molecule has 0 aromatic rings. The van der Waals surface area contributed by atoms with Gasteiger partial charge in [-0.3, -0.25) is 20.9 Å². The highest BCUT2D eigenvalue weighted by Crippen LogP contribution is 1.84. The van der Waals surface area contributed by atoms with E-state index in [-0.39, 0.29) is 40.0 Å². The van der Waals surface area contributed by atoms with Crippen LogP contribution in [0.25, 0.3) is 0 Å². The van der Waals surface area contributed by atoms with Gasteiger partial charge < -0.3 is 30.6 Å². The van der Waals surface area contributed by atoms with Crippen LogP contribution in [0.2, 0.25) is 0 Å². The van der Waals surface area contributed by atoms with Gasteiger partial charge >= 0.3 is 0 Å². The van der Waals surface area contributed by atoms with Crippen molar-refractivity contribution in [3.63, 3.8) is 0 Å². The molecule has 0 aliphatic rings. The zero-order valence-corrected chi connectivity index (χ0v) is 14.0. The lowest BCUT2D eigenvalue weighted by Crippen LogP contribution is -2.32. The predicted molar refractivity (Wildman–Crippen MR) is 86.1 cm³/mol. The van der Waals surface area contributed by atoms with Crippen molar-refractivity contribution in [1.82, 2.24) is 20.9 Å². The molecule has 10 nitrogen and oxygen atoms in total. The van der Waals surface area contributed by atoms with E-state index in [2.05, 4.69) is 16.0 Å². The standard InChI is InChI=1S/C6H15NO3.3C2H7NO/c8-4-1-7(2-5-9)3-6-10;3*1-3-2-4/h8-10H,1-6H2;3*3-4H,2H2,1H3. The van der Waals surface area contributed by atoms with Crippen LogP contribution in [0.4, 0.5) is 0 Å². The molecule has 0 spiro atoms. The molecule has 0 atom stereocenters. The Kier molecular flexibility index (Phi) is 49.9. The Morgan fingerprint density at radius 1 is 0.545 bits per heavy atom. The third kappa shape index (κ3) is 50.4. The van der Waals surface area contributed by atoms with Crippen molar-refractivity contribution in [2.24, 2.45) is 0 Å². The maximum atomic E-state index is 8.48. The van der Waals surface area contributed by atoms with Crippen LogP contribution in [0.15, 0.2) is 0 Å². The third-order valence-corrected chi connectivity index (χ3v) is 1.72. The smallest absolute Gasteiger partial charge is 0.0929 e. The fourth-order valence-corrected chi connectivity index (χ4v) is 0.760. The van der Waals surface area contributed by atoms with Gasteiger partial charge in [0.25, 0.3) is 0 Å². The molecule has 10 heteroatoms. The molecule has 0 radical (unpaired) electrons. The Labute approximate surface area is 133 Å². The highest BCUT2D eigenvalue weighted by atomic mass is 16.3. The average Bonchev–Trinajstić information content (AvgIpc) is 2.56. The lowest BCUT2D eigenvalue weighted by Gasteiger charge is -2.17. The third-order valence-electron chi connectivity index (χ3n) is 1.72. The van der Waals surface area contributed by atoms with Crippen LogP contribution in [-0.2, 0) is 0 Å². The number of nitrogens with zero attached hydrogens (tertiary/aromatic N) is 1. The molecule has 22 heavy (non-hydrogen) atoms. The van der Waals surface area contributed by atoms with E-state index in [0.29, 0.717) is 19.6 Å². The number of aliphatic hydroxyl groups excluding tert-OH is 6. The highest BCUT2D eigenvalue weighted by molar-refractivity contribution is 4.54. The summed E-state index contributed by atoms with van der Waals surface area (Å²) in [6.45, 7) is 1.96. The second-order valence-corrected chi connectivity index (χ2v) is 3.55. The molecule has 0 amide bonds. The minimum absolute atomic E-state index is 0.0694. The fraction of sp³-hybridized carbons (Fsp3) is 1.00. The number of hydrogen-bond acceptors (Lipinski definition) is 10. The van der Waals surface area contributed by atoms with Crippen molar-refractivity contribution >= 4 is 0 Å². The summed E-state index contributed by atoms with van der Waals surface area (Å²) in [6, 6.07) is 0. The molecule has 0 aliphatic carbocycles. The number of nitrogens with one attached hydrogen (secondary N) is 3. The molecule has 0 aromatic heterocycles. The van der Waals surface area contributed by atoms with Crippen LogP contribution >= 0.6 is 0 Å². The maximum absolute atomic E-state index is 8.48. The van der Waals surface area contributed by atoms with Gasteiger partial charge in [0, 0.05) is 19.6 Å². The van der Waals surface area contributed by atoms with Crippen LogP contribution in [0.3, 0.4) is 0 Å². The summed E-state index contributed by atoms with van der Waals surface area (Å²) in [5.41, 5.74) is 0. The van der Waals surface area contributed by atoms with Crippen molar-refractivity contribution in [2.45, 2.75) is 0 Å². The van der Waals surface area contributed by atoms with E-state index < -0.39 is 0 Å². The summed E-state index contributed by atoms with van der Waals surface area (Å²) in [5, 5.41) is 56.2. The van der Waals surface area contributed by atoms with Gasteiger partial charge in [-0.1, -0.05) is 0 Å². The first-order chi connectivity index (χ1) is 10.6. The minimum atomic E-state index is 0.0694. The minimum Gasteiger partial charge on any atom is -0.395 e. The normalized spacial score (nSPS) is 9.00. The van der Waals surface area contributed by atoms with E-state index >= 15 is 0 Å². The molecule has 0 heterocycles. The number of hydrogen-bond donors (Lipinski definition) is 9. The van der Waals surface area contributed by atoms with Gasteiger partial charge in [-0.05, 0) is 21.1 Å². The molecule has 140 valence electrons. The summed E-state index contributed by atoms with van der Waals surface area (Å²) in [7, 11) is 5.04. The molecule has 0 bridgehead atoms. The summed E-state index contributed by atoms with van der Waals surface area (Å²) in [5.74, 6) is 0. The molecule has 0 saturated carbocycles. The van der Waals surface area contributed by atoms with Gasteiger partial charge in [0.2, 0.25) is 0 Å². The molecular formula is C12H36N4O6. The summed E-state index contributed by atoms with van der Waals surface area (Å²) >= 11 is 0. The molecule has 0 aliphatic heterocycles. The van der Waals surface area contributed by atoms with Crippen LogP contribution in [0.5, 0.6) is 0 Å². The van der Waals surface area contributed by atoms with E-state index in [0.717, 1.165) is 0 Å². The van der Waals surface area contributed by atoms with Gasteiger partial charge in [0.15, 0.2) is 0 Å². The van der Waals surface area contributed by atoms with Gasteiger partial charge in [-0.15, -0.1) is 0 Å². The van der Waals surface area contributed by atoms with Crippen molar-refractivity contribution < 1.29 is 30.6 Å². The Morgan fingerprint density at radius 2 is 0.727 bits per heavy atom. The molecular weight excluding hydrogens is 296 g/mol. The highest BCUT2D eigenvalue weighted by Gasteiger charge is 2.00. The van der Waals surface area contributed by atoms with E-state index in [1.54, 1.807) is 26.0 Å². The zero-order chi connectivity index (χ0) is 18.1. The lowest BCUT2D eigenvalue weighted by molar-refractivity contribution is 0.136. The maximum Gasteiger partial charge on any atom is 0.0929 e. The van der Waals surface area contributed by atoms with Gasteiger partial charge in [-0.25, -0.2) is 0 Å². The SMILES string of the molecule is CNCO.CNCO.CNCO.OCCN(CCO)CCO. The van der Waals surface area contributed by atoms with Gasteiger partial charge in [0.1, 0.15) is 0 Å². The summed E-state index contributed by atoms with van der Waals surface area (Å²) < 4.78 is 0. The molecule has 0 rings (SSSR count). The second-order valence-electron chi connectivity index (χ2n) is 3.55. The largest absolute Gasteiger partial charge is 0.395 e. The van der Waals surface area contributed by atoms with E-state index in [9.17, 15) is 0 Å². The van der Waals surface area contributed by atoms with Crippen LogP contribution < -0.4 is 16.0 Å². The Morgan fingerprint density at radius 3 is 0.818 bits per heavy atom. The first kappa shape index (κ1) is 29.6. The predicted octanol–water partition coefficient (Wildman–Crippen LogP) is -4.27. The van der Waals surface area contributed by atoms with Crippen molar-refractivity contribution in [1.29, 1.82) is 0 Å². The Hall–Kier alpha value is -0.400. The van der Waals surface area contributed by atoms with E-state index in [4.69, 9.17) is 30.6 Å². The van der Waals surface area contributed by atoms with Gasteiger partial charge in [-0.2, -0.15) is 0 Å². The first-order valence-corrected chi connectivity index (χ1v) is 6.91. The molecule has 0 fully saturated rings. The summed E-state index contributed by atoms with van der Waals surface area (Å²) in [6.07, 6.45) is 0. The molecule has 0 aromatic carbocycles. The number of aliphatic hydroxyl groups is 6. The zero-order valence-electron chi connectivity index (χ0n) is 14.0. The fourth-order valence-electron chi connectivity index (χ4n) is 0.760. The van der Waals surface area contributed by atoms with Crippen LogP contribution in [-0.4, -0.2) is 116 Å². The Balaban J connectivity index is -0.000000112. The topological polar surface area (TPSA) is 161 Å². The Bertz CT molecular complexity index is 119. The average molecular weight is 332 g/mol. The second kappa shape index (κ2) is 37.1. The quantitative estimate of drug-likeness (QED) is 0.189. The van der Waals surface area contributed by atoms with Crippen LogP contribution in [0, 0.1) is 0 Å². The molecule has 9 N–H and O–H groups in total. The van der Waals surface area contributed by atoms with E-state index in [1.165, 1.54) is 0 Å². The van der Waals surface area contributed by atoms with Crippen molar-refractivity contribution in [3.8, 4) is 0 Å². The van der Waals surface area contributed by atoms with E-state index in [1.807, 2.05) is 0 Å².